The molecule has 4 rings (SSSR count). The van der Waals surface area contributed by atoms with Crippen molar-refractivity contribution in [1.82, 2.24) is 14.8 Å². The largest absolute Gasteiger partial charge is 0.496 e. The molecule has 1 atom stereocenters. The van der Waals surface area contributed by atoms with Crippen molar-refractivity contribution in [3.05, 3.63) is 54.0 Å². The molecule has 3 heterocycles. The molecule has 31 heavy (non-hydrogen) atoms. The van der Waals surface area contributed by atoms with Crippen molar-refractivity contribution in [2.24, 2.45) is 0 Å². The van der Waals surface area contributed by atoms with Crippen LogP contribution in [0.25, 0.3) is 11.1 Å². The molecule has 2 aromatic heterocycles. The highest BCUT2D eigenvalue weighted by Gasteiger charge is 2.37. The fourth-order valence-corrected chi connectivity index (χ4v) is 3.67. The number of benzene rings is 1. The molecule has 0 aliphatic carbocycles. The normalized spacial score (nSPS) is 16.3. The van der Waals surface area contributed by atoms with Gasteiger partial charge in [0.25, 0.3) is 5.91 Å². The summed E-state index contributed by atoms with van der Waals surface area (Å²) in [5.74, 6) is -0.329. The molecule has 0 bridgehead atoms. The lowest BCUT2D eigenvalue weighted by Gasteiger charge is -2.32. The summed E-state index contributed by atoms with van der Waals surface area (Å²) in [5, 5.41) is 4.36. The fourth-order valence-electron chi connectivity index (χ4n) is 3.67. The van der Waals surface area contributed by atoms with Gasteiger partial charge in [-0.05, 0) is 30.7 Å². The number of amides is 1. The third-order valence-corrected chi connectivity index (χ3v) is 5.16. The van der Waals surface area contributed by atoms with Crippen LogP contribution in [-0.2, 0) is 6.18 Å². The van der Waals surface area contributed by atoms with E-state index in [1.165, 1.54) is 31.3 Å². The van der Waals surface area contributed by atoms with E-state index in [9.17, 15) is 18.0 Å². The van der Waals surface area contributed by atoms with Crippen molar-refractivity contribution in [3.8, 4) is 22.8 Å². The zero-order chi connectivity index (χ0) is 22.3. The van der Waals surface area contributed by atoms with Crippen LogP contribution in [0.3, 0.4) is 0 Å². The molecule has 1 aliphatic rings. The molecular formula is C21H19F3N4O3. The first kappa shape index (κ1) is 20.7. The molecule has 162 valence electrons. The number of nitrogens with zero attached hydrogens (tertiary/aromatic N) is 4. The zero-order valence-corrected chi connectivity index (χ0v) is 17.0. The van der Waals surface area contributed by atoms with Crippen molar-refractivity contribution in [1.29, 1.82) is 0 Å². The molecule has 0 saturated carbocycles. The van der Waals surface area contributed by atoms with Gasteiger partial charge in [0, 0.05) is 36.1 Å². The van der Waals surface area contributed by atoms with Gasteiger partial charge in [0.1, 0.15) is 11.4 Å². The minimum Gasteiger partial charge on any atom is -0.496 e. The van der Waals surface area contributed by atoms with E-state index in [-0.39, 0.29) is 24.2 Å². The fraction of sp³-hybridized carbons (Fsp3) is 0.286. The molecular weight excluding hydrogens is 413 g/mol. The number of fused-ring (bicyclic) bond motifs is 1. The number of hydrogen-bond acceptors (Lipinski definition) is 5. The highest BCUT2D eigenvalue weighted by atomic mass is 19.4. The molecule has 1 amide bonds. The van der Waals surface area contributed by atoms with Gasteiger partial charge in [0.2, 0.25) is 5.88 Å². The van der Waals surface area contributed by atoms with Crippen molar-refractivity contribution >= 4 is 11.6 Å². The van der Waals surface area contributed by atoms with Crippen molar-refractivity contribution in [2.45, 2.75) is 19.1 Å². The molecule has 0 unspecified atom stereocenters. The number of pyridine rings is 1. The minimum atomic E-state index is -4.56. The number of rotatable bonds is 4. The molecule has 0 saturated heterocycles. The Morgan fingerprint density at radius 1 is 1.13 bits per heavy atom. The van der Waals surface area contributed by atoms with E-state index in [1.54, 1.807) is 29.2 Å². The summed E-state index contributed by atoms with van der Waals surface area (Å²) in [6, 6.07) is 6.66. The highest BCUT2D eigenvalue weighted by Crippen LogP contribution is 2.40. The Balaban J connectivity index is 1.78. The first-order valence-electron chi connectivity index (χ1n) is 9.39. The van der Waals surface area contributed by atoms with E-state index in [0.717, 1.165) is 6.07 Å². The van der Waals surface area contributed by atoms with E-state index in [0.29, 0.717) is 28.4 Å². The first-order valence-corrected chi connectivity index (χ1v) is 9.39. The van der Waals surface area contributed by atoms with Crippen LogP contribution >= 0.6 is 0 Å². The van der Waals surface area contributed by atoms with Gasteiger partial charge < -0.3 is 14.4 Å². The molecule has 1 aromatic carbocycles. The Morgan fingerprint density at radius 3 is 2.58 bits per heavy atom. The monoisotopic (exact) mass is 432 g/mol. The number of methoxy groups -OCH3 is 2. The Kier molecular flexibility index (Phi) is 5.08. The van der Waals surface area contributed by atoms with E-state index < -0.39 is 11.7 Å². The molecule has 1 aliphatic heterocycles. The smallest absolute Gasteiger partial charge is 0.419 e. The van der Waals surface area contributed by atoms with Crippen LogP contribution in [0.1, 0.15) is 29.0 Å². The lowest BCUT2D eigenvalue weighted by molar-refractivity contribution is -0.138. The number of carbonyl (C=O) groups is 1. The van der Waals surface area contributed by atoms with E-state index in [4.69, 9.17) is 9.47 Å². The molecule has 3 aromatic rings. The summed E-state index contributed by atoms with van der Waals surface area (Å²) in [6.07, 6.45) is -1.40. The number of anilines is 1. The van der Waals surface area contributed by atoms with Crippen molar-refractivity contribution < 1.29 is 27.4 Å². The molecule has 7 nitrogen and oxygen atoms in total. The third kappa shape index (κ3) is 3.58. The van der Waals surface area contributed by atoms with Crippen LogP contribution in [0.15, 0.2) is 42.7 Å². The molecule has 0 radical (unpaired) electrons. The lowest BCUT2D eigenvalue weighted by Crippen LogP contribution is -2.42. The Bertz CT molecular complexity index is 1140. The number of aromatic nitrogens is 3. The van der Waals surface area contributed by atoms with Crippen LogP contribution < -0.4 is 14.4 Å². The summed E-state index contributed by atoms with van der Waals surface area (Å²) in [6.45, 7) is 2.13. The van der Waals surface area contributed by atoms with Gasteiger partial charge in [-0.3, -0.25) is 9.48 Å². The maximum atomic E-state index is 13.4. The average molecular weight is 432 g/mol. The summed E-state index contributed by atoms with van der Waals surface area (Å²) in [5.41, 5.74) is 1.03. The number of carbonyl (C=O) groups excluding carboxylic acids is 1. The average Bonchev–Trinajstić information content (AvgIpc) is 3.21. The van der Waals surface area contributed by atoms with Gasteiger partial charge in [0.05, 0.1) is 32.0 Å². The summed E-state index contributed by atoms with van der Waals surface area (Å²) < 4.78 is 51.4. The summed E-state index contributed by atoms with van der Waals surface area (Å²) >= 11 is 0. The van der Waals surface area contributed by atoms with Gasteiger partial charge >= 0.3 is 6.18 Å². The molecule has 10 heteroatoms. The molecule has 0 spiro atoms. The Morgan fingerprint density at radius 2 is 1.90 bits per heavy atom. The quantitative estimate of drug-likeness (QED) is 0.618. The van der Waals surface area contributed by atoms with Gasteiger partial charge in [-0.25, -0.2) is 4.98 Å². The topological polar surface area (TPSA) is 69.5 Å². The second-order valence-electron chi connectivity index (χ2n) is 7.09. The van der Waals surface area contributed by atoms with Crippen LogP contribution in [0.2, 0.25) is 0 Å². The van der Waals surface area contributed by atoms with Crippen LogP contribution in [-0.4, -0.2) is 41.4 Å². The van der Waals surface area contributed by atoms with Gasteiger partial charge in [-0.2, -0.15) is 18.3 Å². The summed E-state index contributed by atoms with van der Waals surface area (Å²) in [7, 11) is 2.66. The highest BCUT2D eigenvalue weighted by molar-refractivity contribution is 6.10. The van der Waals surface area contributed by atoms with E-state index in [1.807, 2.05) is 6.92 Å². The van der Waals surface area contributed by atoms with Gasteiger partial charge in [-0.15, -0.1) is 0 Å². The Labute approximate surface area is 176 Å². The van der Waals surface area contributed by atoms with Gasteiger partial charge in [-0.1, -0.05) is 0 Å². The number of hydrogen-bond donors (Lipinski definition) is 0. The van der Waals surface area contributed by atoms with E-state index >= 15 is 0 Å². The third-order valence-electron chi connectivity index (χ3n) is 5.16. The van der Waals surface area contributed by atoms with Crippen LogP contribution in [0.5, 0.6) is 11.6 Å². The van der Waals surface area contributed by atoms with Crippen LogP contribution in [0.4, 0.5) is 18.9 Å². The van der Waals surface area contributed by atoms with Gasteiger partial charge in [0.15, 0.2) is 0 Å². The second-order valence-corrected chi connectivity index (χ2v) is 7.09. The standard InChI is InChI=1S/C21H19F3N4O3/c1-12-11-27(14-4-5-16(21(22,23)24)17(9-14)30-2)20(29)19-15(10-26-28(12)19)13-6-7-25-18(8-13)31-3/h4-10,12H,11H2,1-3H3/t12-/m0/s1. The molecule has 0 N–H and O–H groups in total. The SMILES string of the molecule is COc1cc(-c2cnn3c2C(=O)N(c2ccc(C(F)(F)F)c(OC)c2)C[C@@H]3C)ccn1. The predicted molar refractivity (Wildman–Crippen MR) is 106 cm³/mol. The summed E-state index contributed by atoms with van der Waals surface area (Å²) in [4.78, 5) is 18.9. The van der Waals surface area contributed by atoms with E-state index in [2.05, 4.69) is 10.1 Å². The Hall–Kier alpha value is -3.56. The van der Waals surface area contributed by atoms with Crippen molar-refractivity contribution in [3.63, 3.8) is 0 Å². The van der Waals surface area contributed by atoms with Crippen molar-refractivity contribution in [2.75, 3.05) is 25.7 Å². The number of halogens is 3. The minimum absolute atomic E-state index is 0.196. The first-order chi connectivity index (χ1) is 14.7. The maximum absolute atomic E-state index is 13.4. The van der Waals surface area contributed by atoms with Crippen LogP contribution in [0, 0.1) is 0 Å². The second kappa shape index (κ2) is 7.60. The zero-order valence-electron chi connectivity index (χ0n) is 17.0. The molecule has 0 fully saturated rings. The lowest BCUT2D eigenvalue weighted by atomic mass is 10.0. The maximum Gasteiger partial charge on any atom is 0.419 e. The number of ether oxygens (including phenoxy) is 2. The number of alkyl halides is 3. The predicted octanol–water partition coefficient (Wildman–Crippen LogP) is 4.20.